The van der Waals surface area contributed by atoms with Crippen molar-refractivity contribution in [3.8, 4) is 0 Å². The van der Waals surface area contributed by atoms with Gasteiger partial charge in [-0.25, -0.2) is 18.7 Å². The number of aliphatic hydroxyl groups is 1. The molecule has 0 aromatic carbocycles. The fraction of sp³-hybridized carbons (Fsp3) is 0.636. The van der Waals surface area contributed by atoms with Crippen molar-refractivity contribution in [2.75, 3.05) is 11.9 Å². The third-order valence-electron chi connectivity index (χ3n) is 2.17. The monoisotopic (exact) mass is 245 g/mol. The van der Waals surface area contributed by atoms with E-state index in [9.17, 15) is 8.78 Å². The molecule has 1 aromatic rings. The van der Waals surface area contributed by atoms with Crippen LogP contribution < -0.4 is 5.32 Å². The van der Waals surface area contributed by atoms with Gasteiger partial charge >= 0.3 is 0 Å². The van der Waals surface area contributed by atoms with Crippen molar-refractivity contribution >= 4 is 5.82 Å². The maximum atomic E-state index is 12.1. The normalized spacial score (nSPS) is 13.2. The number of aryl methyl sites for hydroxylation is 1. The number of halogens is 2. The van der Waals surface area contributed by atoms with E-state index in [2.05, 4.69) is 15.3 Å². The van der Waals surface area contributed by atoms with Crippen LogP contribution in [0.15, 0.2) is 6.07 Å². The highest BCUT2D eigenvalue weighted by Crippen LogP contribution is 2.13. The number of alkyl halides is 2. The molecule has 0 bridgehead atoms. The third kappa shape index (κ3) is 4.22. The second-order valence-corrected chi connectivity index (χ2v) is 4.19. The van der Waals surface area contributed by atoms with Gasteiger partial charge in [-0.15, -0.1) is 0 Å². The summed E-state index contributed by atoms with van der Waals surface area (Å²) in [5.74, 6) is 1.27. The Kier molecular flexibility index (Phi) is 4.74. The molecule has 0 radical (unpaired) electrons. The Hall–Kier alpha value is -1.30. The number of aliphatic hydroxyl groups excluding tert-OH is 1. The van der Waals surface area contributed by atoms with E-state index in [1.165, 1.54) is 0 Å². The minimum absolute atomic E-state index is 0.162. The molecule has 0 saturated carbocycles. The fourth-order valence-corrected chi connectivity index (χ4v) is 1.24. The first kappa shape index (κ1) is 13.8. The van der Waals surface area contributed by atoms with Crippen molar-refractivity contribution in [1.82, 2.24) is 9.97 Å². The minimum atomic E-state index is -2.75. The van der Waals surface area contributed by atoms with Gasteiger partial charge in [0.15, 0.2) is 0 Å². The summed E-state index contributed by atoms with van der Waals surface area (Å²) in [6.07, 6.45) is -4.44. The number of nitrogens with one attached hydrogen (secondary N) is 1. The Labute approximate surface area is 99.1 Å². The van der Waals surface area contributed by atoms with Crippen LogP contribution in [0.2, 0.25) is 0 Å². The average Bonchev–Trinajstić information content (AvgIpc) is 2.24. The van der Waals surface area contributed by atoms with Crippen molar-refractivity contribution in [2.24, 2.45) is 0 Å². The number of hydrogen-bond donors (Lipinski definition) is 2. The molecule has 17 heavy (non-hydrogen) atoms. The molecular formula is C11H17F2N3O. The summed E-state index contributed by atoms with van der Waals surface area (Å²) in [5, 5.41) is 11.7. The van der Waals surface area contributed by atoms with Gasteiger partial charge in [0.1, 0.15) is 17.7 Å². The molecular weight excluding hydrogens is 228 g/mol. The molecule has 0 aliphatic rings. The second-order valence-electron chi connectivity index (χ2n) is 4.19. The average molecular weight is 245 g/mol. The Morgan fingerprint density at radius 1 is 1.35 bits per heavy atom. The summed E-state index contributed by atoms with van der Waals surface area (Å²) < 4.78 is 24.2. The Balaban J connectivity index is 2.71. The van der Waals surface area contributed by atoms with E-state index >= 15 is 0 Å². The van der Waals surface area contributed by atoms with Crippen molar-refractivity contribution in [2.45, 2.75) is 39.2 Å². The molecule has 1 heterocycles. The van der Waals surface area contributed by atoms with Crippen molar-refractivity contribution in [3.05, 3.63) is 17.6 Å². The van der Waals surface area contributed by atoms with E-state index < -0.39 is 12.5 Å². The van der Waals surface area contributed by atoms with Crippen LogP contribution in [0.3, 0.4) is 0 Å². The number of aromatic nitrogens is 2. The molecule has 0 fully saturated rings. The lowest BCUT2D eigenvalue weighted by atomic mass is 10.2. The molecule has 4 nitrogen and oxygen atoms in total. The number of rotatable bonds is 5. The zero-order valence-corrected chi connectivity index (χ0v) is 10.1. The van der Waals surface area contributed by atoms with Gasteiger partial charge in [0, 0.05) is 24.2 Å². The van der Waals surface area contributed by atoms with Crippen LogP contribution in [0.4, 0.5) is 14.6 Å². The first-order valence-electron chi connectivity index (χ1n) is 5.45. The molecule has 0 amide bonds. The van der Waals surface area contributed by atoms with Crippen LogP contribution in [0, 0.1) is 6.92 Å². The Bertz CT molecular complexity index is 372. The number of anilines is 1. The lowest BCUT2D eigenvalue weighted by Crippen LogP contribution is -2.27. The summed E-state index contributed by atoms with van der Waals surface area (Å²) in [4.78, 5) is 8.42. The largest absolute Gasteiger partial charge is 0.385 e. The minimum Gasteiger partial charge on any atom is -0.385 e. The number of nitrogens with zero attached hydrogens (tertiary/aromatic N) is 2. The van der Waals surface area contributed by atoms with Crippen LogP contribution in [-0.4, -0.2) is 34.1 Å². The van der Waals surface area contributed by atoms with E-state index in [1.807, 2.05) is 20.8 Å². The van der Waals surface area contributed by atoms with Gasteiger partial charge in [0.05, 0.1) is 0 Å². The zero-order valence-electron chi connectivity index (χ0n) is 10.1. The van der Waals surface area contributed by atoms with Gasteiger partial charge in [-0.3, -0.25) is 0 Å². The van der Waals surface area contributed by atoms with Gasteiger partial charge in [-0.2, -0.15) is 0 Å². The standard InChI is InChI=1S/C11H17F2N3O/c1-6(2)11-15-7(3)4-9(16-11)14-5-8(17)10(12)13/h4,6,8,10,17H,5H2,1-3H3,(H,14,15,16). The molecule has 1 unspecified atom stereocenters. The summed E-state index contributed by atoms with van der Waals surface area (Å²) >= 11 is 0. The van der Waals surface area contributed by atoms with E-state index in [0.717, 1.165) is 5.69 Å². The van der Waals surface area contributed by atoms with E-state index in [0.29, 0.717) is 11.6 Å². The lowest BCUT2D eigenvalue weighted by Gasteiger charge is -2.13. The second kappa shape index (κ2) is 5.86. The molecule has 96 valence electrons. The summed E-state index contributed by atoms with van der Waals surface area (Å²) in [6.45, 7) is 5.48. The van der Waals surface area contributed by atoms with Crippen LogP contribution in [0.5, 0.6) is 0 Å². The first-order chi connectivity index (χ1) is 7.90. The molecule has 6 heteroatoms. The predicted molar refractivity (Wildman–Crippen MR) is 61.4 cm³/mol. The van der Waals surface area contributed by atoms with Gasteiger partial charge in [-0.05, 0) is 6.92 Å². The molecule has 1 aromatic heterocycles. The smallest absolute Gasteiger partial charge is 0.265 e. The highest BCUT2D eigenvalue weighted by Gasteiger charge is 2.16. The molecule has 1 rings (SSSR count). The number of hydrogen-bond acceptors (Lipinski definition) is 4. The predicted octanol–water partition coefficient (Wildman–Crippen LogP) is 1.95. The summed E-state index contributed by atoms with van der Waals surface area (Å²) in [6, 6.07) is 1.66. The molecule has 1 atom stereocenters. The van der Waals surface area contributed by atoms with E-state index in [-0.39, 0.29) is 12.5 Å². The van der Waals surface area contributed by atoms with Gasteiger partial charge in [0.25, 0.3) is 6.43 Å². The molecule has 0 aliphatic carbocycles. The Morgan fingerprint density at radius 2 is 2.00 bits per heavy atom. The van der Waals surface area contributed by atoms with Crippen molar-refractivity contribution in [1.29, 1.82) is 0 Å². The summed E-state index contributed by atoms with van der Waals surface area (Å²) in [7, 11) is 0. The quantitative estimate of drug-likeness (QED) is 0.832. The summed E-state index contributed by atoms with van der Waals surface area (Å²) in [5.41, 5.74) is 0.762. The van der Waals surface area contributed by atoms with Crippen LogP contribution in [0.25, 0.3) is 0 Å². The van der Waals surface area contributed by atoms with Crippen LogP contribution >= 0.6 is 0 Å². The maximum Gasteiger partial charge on any atom is 0.265 e. The van der Waals surface area contributed by atoms with E-state index in [4.69, 9.17) is 5.11 Å². The van der Waals surface area contributed by atoms with Crippen molar-refractivity contribution < 1.29 is 13.9 Å². The van der Waals surface area contributed by atoms with E-state index in [1.54, 1.807) is 6.07 Å². The SMILES string of the molecule is Cc1cc(NCC(O)C(F)F)nc(C(C)C)n1. The maximum absolute atomic E-state index is 12.1. The topological polar surface area (TPSA) is 58.0 Å². The van der Waals surface area contributed by atoms with Crippen LogP contribution in [0.1, 0.15) is 31.3 Å². The van der Waals surface area contributed by atoms with Gasteiger partial charge < -0.3 is 10.4 Å². The molecule has 2 N–H and O–H groups in total. The van der Waals surface area contributed by atoms with Crippen molar-refractivity contribution in [3.63, 3.8) is 0 Å². The highest BCUT2D eigenvalue weighted by atomic mass is 19.3. The van der Waals surface area contributed by atoms with Gasteiger partial charge in [0.2, 0.25) is 0 Å². The van der Waals surface area contributed by atoms with Crippen LogP contribution in [-0.2, 0) is 0 Å². The zero-order chi connectivity index (χ0) is 13.0. The lowest BCUT2D eigenvalue weighted by molar-refractivity contribution is 0.00380. The highest BCUT2D eigenvalue weighted by molar-refractivity contribution is 5.36. The third-order valence-corrected chi connectivity index (χ3v) is 2.17. The molecule has 0 saturated heterocycles. The fourth-order valence-electron chi connectivity index (χ4n) is 1.24. The molecule has 0 aliphatic heterocycles. The molecule has 0 spiro atoms. The van der Waals surface area contributed by atoms with Gasteiger partial charge in [-0.1, -0.05) is 13.8 Å². The Morgan fingerprint density at radius 3 is 2.53 bits per heavy atom. The first-order valence-corrected chi connectivity index (χ1v) is 5.45.